The summed E-state index contributed by atoms with van der Waals surface area (Å²) >= 11 is 0. The first kappa shape index (κ1) is 10.0. The summed E-state index contributed by atoms with van der Waals surface area (Å²) < 4.78 is 27.9. The van der Waals surface area contributed by atoms with Gasteiger partial charge in [-0.05, 0) is 19.3 Å². The van der Waals surface area contributed by atoms with Crippen molar-refractivity contribution in [2.24, 2.45) is 0 Å². The molecule has 86 valence electrons. The van der Waals surface area contributed by atoms with E-state index < -0.39 is 10.2 Å². The molecule has 0 radical (unpaired) electrons. The lowest BCUT2D eigenvalue weighted by Gasteiger charge is -2.42. The van der Waals surface area contributed by atoms with Crippen molar-refractivity contribution in [2.45, 2.75) is 31.3 Å². The molecule has 0 spiro atoms. The Morgan fingerprint density at radius 2 is 1.60 bits per heavy atom. The molecule has 0 amide bonds. The number of nitrogens with zero attached hydrogens (tertiary/aromatic N) is 2. The molecule has 6 heteroatoms. The average molecular weight is 231 g/mol. The zero-order valence-electron chi connectivity index (χ0n) is 8.72. The van der Waals surface area contributed by atoms with E-state index in [1.165, 1.54) is 0 Å². The molecule has 0 aromatic heterocycles. The molecule has 0 aromatic rings. The Morgan fingerprint density at radius 3 is 2.07 bits per heavy atom. The largest absolute Gasteiger partial charge is 0.313 e. The minimum atomic E-state index is -3.13. The maximum atomic E-state index is 12.3. The van der Waals surface area contributed by atoms with Crippen molar-refractivity contribution in [3.63, 3.8) is 0 Å². The van der Waals surface area contributed by atoms with E-state index in [-0.39, 0.29) is 6.04 Å². The van der Waals surface area contributed by atoms with Crippen molar-refractivity contribution in [3.05, 3.63) is 0 Å². The van der Waals surface area contributed by atoms with Crippen molar-refractivity contribution < 1.29 is 8.42 Å². The minimum absolute atomic E-state index is 0.205. The highest BCUT2D eigenvalue weighted by Gasteiger charge is 2.45. The summed E-state index contributed by atoms with van der Waals surface area (Å²) in [5.41, 5.74) is 0. The van der Waals surface area contributed by atoms with Crippen LogP contribution < -0.4 is 5.32 Å². The van der Waals surface area contributed by atoms with Gasteiger partial charge in [0.15, 0.2) is 0 Å². The Labute approximate surface area is 90.6 Å². The summed E-state index contributed by atoms with van der Waals surface area (Å²) in [5.74, 6) is 0. The topological polar surface area (TPSA) is 52.7 Å². The molecule has 2 heterocycles. The van der Waals surface area contributed by atoms with Crippen LogP contribution in [0.4, 0.5) is 0 Å². The number of hydrogen-bond acceptors (Lipinski definition) is 3. The molecule has 3 aliphatic rings. The van der Waals surface area contributed by atoms with Crippen LogP contribution in [0.5, 0.6) is 0 Å². The summed E-state index contributed by atoms with van der Waals surface area (Å²) in [6.45, 7) is 3.07. The first-order valence-corrected chi connectivity index (χ1v) is 7.08. The Morgan fingerprint density at radius 1 is 1.00 bits per heavy atom. The van der Waals surface area contributed by atoms with Crippen LogP contribution in [-0.4, -0.2) is 55.3 Å². The first-order chi connectivity index (χ1) is 7.19. The lowest BCUT2D eigenvalue weighted by Crippen LogP contribution is -2.63. The molecule has 3 fully saturated rings. The maximum Gasteiger partial charge on any atom is 0.282 e. The molecule has 1 aliphatic carbocycles. The fraction of sp³-hybridized carbons (Fsp3) is 1.00. The monoisotopic (exact) mass is 231 g/mol. The van der Waals surface area contributed by atoms with Crippen LogP contribution in [0.1, 0.15) is 19.3 Å². The van der Waals surface area contributed by atoms with Gasteiger partial charge in [0.1, 0.15) is 0 Å². The molecule has 1 N–H and O–H groups in total. The van der Waals surface area contributed by atoms with Gasteiger partial charge in [0.05, 0.1) is 6.04 Å². The molecule has 0 aromatic carbocycles. The maximum absolute atomic E-state index is 12.3. The third-order valence-electron chi connectivity index (χ3n) is 3.47. The number of nitrogens with one attached hydrogen (secondary N) is 1. The Balaban J connectivity index is 1.82. The zero-order chi connectivity index (χ0) is 10.5. The molecular formula is C9H17N3O2S. The van der Waals surface area contributed by atoms with Crippen molar-refractivity contribution in [2.75, 3.05) is 26.2 Å². The molecule has 2 saturated heterocycles. The first-order valence-electron chi connectivity index (χ1n) is 5.69. The van der Waals surface area contributed by atoms with Crippen molar-refractivity contribution >= 4 is 10.2 Å². The predicted molar refractivity (Wildman–Crippen MR) is 56.6 cm³/mol. The van der Waals surface area contributed by atoms with E-state index in [9.17, 15) is 8.42 Å². The molecule has 0 unspecified atom stereocenters. The molecular weight excluding hydrogens is 214 g/mol. The van der Waals surface area contributed by atoms with E-state index in [1.807, 2.05) is 0 Å². The van der Waals surface area contributed by atoms with E-state index in [2.05, 4.69) is 5.32 Å². The van der Waals surface area contributed by atoms with Crippen LogP contribution in [0.25, 0.3) is 0 Å². The number of rotatable bonds is 2. The second-order valence-corrected chi connectivity index (χ2v) is 6.46. The lowest BCUT2D eigenvalue weighted by molar-refractivity contribution is 0.193. The Hall–Kier alpha value is -0.170. The van der Waals surface area contributed by atoms with E-state index in [1.54, 1.807) is 8.61 Å². The molecule has 3 rings (SSSR count). The molecule has 2 aliphatic heterocycles. The van der Waals surface area contributed by atoms with Gasteiger partial charge in [-0.1, -0.05) is 0 Å². The van der Waals surface area contributed by atoms with Gasteiger partial charge in [-0.2, -0.15) is 17.0 Å². The minimum Gasteiger partial charge on any atom is -0.313 e. The number of hydrogen-bond donors (Lipinski definition) is 1. The van der Waals surface area contributed by atoms with E-state index in [4.69, 9.17) is 0 Å². The van der Waals surface area contributed by atoms with Gasteiger partial charge < -0.3 is 5.32 Å². The lowest BCUT2D eigenvalue weighted by atomic mass is 10.2. The van der Waals surface area contributed by atoms with E-state index >= 15 is 0 Å². The van der Waals surface area contributed by atoms with Crippen LogP contribution in [0, 0.1) is 0 Å². The summed E-state index contributed by atoms with van der Waals surface area (Å²) in [6.07, 6.45) is 3.08. The second kappa shape index (κ2) is 3.41. The van der Waals surface area contributed by atoms with Gasteiger partial charge in [0.2, 0.25) is 0 Å². The van der Waals surface area contributed by atoms with Crippen molar-refractivity contribution in [1.82, 2.24) is 13.9 Å². The molecule has 5 nitrogen and oxygen atoms in total. The van der Waals surface area contributed by atoms with E-state index in [0.29, 0.717) is 12.6 Å². The van der Waals surface area contributed by atoms with Crippen LogP contribution in [0.2, 0.25) is 0 Å². The Kier molecular flexibility index (Phi) is 2.28. The summed E-state index contributed by atoms with van der Waals surface area (Å²) in [4.78, 5) is 0. The van der Waals surface area contributed by atoms with Gasteiger partial charge in [0, 0.05) is 32.2 Å². The van der Waals surface area contributed by atoms with Crippen LogP contribution in [-0.2, 0) is 10.2 Å². The third kappa shape index (κ3) is 1.60. The van der Waals surface area contributed by atoms with Gasteiger partial charge in [-0.15, -0.1) is 0 Å². The highest BCUT2D eigenvalue weighted by Crippen LogP contribution is 2.33. The van der Waals surface area contributed by atoms with Crippen molar-refractivity contribution in [1.29, 1.82) is 0 Å². The third-order valence-corrected chi connectivity index (χ3v) is 5.62. The van der Waals surface area contributed by atoms with E-state index in [0.717, 1.165) is 38.9 Å². The quantitative estimate of drug-likeness (QED) is 0.688. The molecule has 0 atom stereocenters. The normalized spacial score (nSPS) is 33.9. The standard InChI is InChI=1S/C9H17N3O2S/c13-15(14)11(8-2-3-8)4-1-5-12(15)9-6-10-7-9/h8-10H,1-7H2. The molecule has 15 heavy (non-hydrogen) atoms. The van der Waals surface area contributed by atoms with Crippen molar-refractivity contribution in [3.8, 4) is 0 Å². The van der Waals surface area contributed by atoms with Gasteiger partial charge >= 0.3 is 0 Å². The summed E-state index contributed by atoms with van der Waals surface area (Å²) in [5, 5.41) is 3.13. The zero-order valence-corrected chi connectivity index (χ0v) is 9.54. The SMILES string of the molecule is O=S1(=O)N(C2CC2)CCCN1C1CNC1. The van der Waals surface area contributed by atoms with Crippen LogP contribution >= 0.6 is 0 Å². The van der Waals surface area contributed by atoms with Gasteiger partial charge in [0.25, 0.3) is 10.2 Å². The van der Waals surface area contributed by atoms with Crippen LogP contribution in [0.15, 0.2) is 0 Å². The van der Waals surface area contributed by atoms with Gasteiger partial charge in [-0.25, -0.2) is 0 Å². The second-order valence-electron chi connectivity index (χ2n) is 4.63. The molecule has 0 bridgehead atoms. The highest BCUT2D eigenvalue weighted by molar-refractivity contribution is 7.86. The average Bonchev–Trinajstić information content (AvgIpc) is 2.88. The molecule has 1 saturated carbocycles. The highest BCUT2D eigenvalue weighted by atomic mass is 32.2. The smallest absolute Gasteiger partial charge is 0.282 e. The van der Waals surface area contributed by atoms with Gasteiger partial charge in [-0.3, -0.25) is 0 Å². The summed E-state index contributed by atoms with van der Waals surface area (Å²) in [6, 6.07) is 0.516. The summed E-state index contributed by atoms with van der Waals surface area (Å²) in [7, 11) is -3.13. The Bertz CT molecular complexity index is 348. The fourth-order valence-electron chi connectivity index (χ4n) is 2.33. The fourth-order valence-corrected chi connectivity index (χ4v) is 4.43. The predicted octanol–water partition coefficient (Wildman–Crippen LogP) is -0.627. The van der Waals surface area contributed by atoms with Crippen LogP contribution in [0.3, 0.4) is 0 Å².